The Labute approximate surface area is 87.1 Å². The summed E-state index contributed by atoms with van der Waals surface area (Å²) in [7, 11) is 0. The Morgan fingerprint density at radius 3 is 2.00 bits per heavy atom. The van der Waals surface area contributed by atoms with Crippen LogP contribution in [0.5, 0.6) is 0 Å². The van der Waals surface area contributed by atoms with Crippen molar-refractivity contribution in [3.63, 3.8) is 0 Å². The van der Waals surface area contributed by atoms with Crippen molar-refractivity contribution >= 4 is 11.6 Å². The molecule has 0 radical (unpaired) electrons. The van der Waals surface area contributed by atoms with E-state index in [9.17, 15) is 9.59 Å². The third kappa shape index (κ3) is 4.54. The number of hydrogen-bond acceptors (Lipinski definition) is 2. The highest BCUT2D eigenvalue weighted by molar-refractivity contribution is 5.87. The number of rotatable bonds is 5. The molecule has 0 saturated carbocycles. The van der Waals surface area contributed by atoms with E-state index in [2.05, 4.69) is 20.8 Å². The fourth-order valence-corrected chi connectivity index (χ4v) is 1.14. The number of Topliss-reactive ketones (excluding diaryl/α,β-unsaturated/α-hetero) is 2. The summed E-state index contributed by atoms with van der Waals surface area (Å²) in [5, 5.41) is 0. The monoisotopic (exact) mass is 198 g/mol. The van der Waals surface area contributed by atoms with E-state index < -0.39 is 0 Å². The van der Waals surface area contributed by atoms with Gasteiger partial charge in [-0.1, -0.05) is 34.6 Å². The highest BCUT2D eigenvalue weighted by Crippen LogP contribution is 2.27. The Morgan fingerprint density at radius 2 is 1.64 bits per heavy atom. The Kier molecular flexibility index (Phi) is 5.03. The maximum Gasteiger partial charge on any atom is 0.136 e. The molecule has 0 spiro atoms. The summed E-state index contributed by atoms with van der Waals surface area (Å²) in [4.78, 5) is 22.7. The minimum absolute atomic E-state index is 0.00630. The van der Waals surface area contributed by atoms with Gasteiger partial charge in [0.1, 0.15) is 11.6 Å². The Hall–Kier alpha value is -0.660. The van der Waals surface area contributed by atoms with Crippen LogP contribution in [0.25, 0.3) is 0 Å². The molecule has 0 aromatic heterocycles. The lowest BCUT2D eigenvalue weighted by Crippen LogP contribution is -2.26. The predicted molar refractivity (Wildman–Crippen MR) is 58.2 cm³/mol. The molecule has 1 atom stereocenters. The summed E-state index contributed by atoms with van der Waals surface area (Å²) in [5.41, 5.74) is 0.00630. The largest absolute Gasteiger partial charge is 0.300 e. The van der Waals surface area contributed by atoms with Crippen molar-refractivity contribution in [1.82, 2.24) is 0 Å². The van der Waals surface area contributed by atoms with Crippen molar-refractivity contribution in [1.29, 1.82) is 0 Å². The van der Waals surface area contributed by atoms with Gasteiger partial charge in [-0.25, -0.2) is 0 Å². The maximum atomic E-state index is 11.7. The Balaban J connectivity index is 4.04. The summed E-state index contributed by atoms with van der Waals surface area (Å²) in [6, 6.07) is 0. The molecule has 0 aliphatic rings. The summed E-state index contributed by atoms with van der Waals surface area (Å²) in [6.07, 6.45) is 1.36. The second kappa shape index (κ2) is 5.28. The predicted octanol–water partition coefficient (Wildman–Crippen LogP) is 3.00. The third-order valence-electron chi connectivity index (χ3n) is 2.83. The van der Waals surface area contributed by atoms with Gasteiger partial charge in [-0.05, 0) is 5.41 Å². The van der Waals surface area contributed by atoms with Gasteiger partial charge < -0.3 is 0 Å². The van der Waals surface area contributed by atoms with Crippen LogP contribution in [0.15, 0.2) is 0 Å². The van der Waals surface area contributed by atoms with E-state index in [4.69, 9.17) is 0 Å². The van der Waals surface area contributed by atoms with Gasteiger partial charge in [-0.15, -0.1) is 0 Å². The van der Waals surface area contributed by atoms with Crippen LogP contribution in [0.2, 0.25) is 0 Å². The Bertz CT molecular complexity index is 211. The molecule has 0 amide bonds. The molecule has 0 fully saturated rings. The second-order valence-electron chi connectivity index (χ2n) is 4.95. The zero-order valence-corrected chi connectivity index (χ0v) is 10.0. The fraction of sp³-hybridized carbons (Fsp3) is 0.833. The quantitative estimate of drug-likeness (QED) is 0.680. The van der Waals surface area contributed by atoms with E-state index in [1.54, 1.807) is 0 Å². The summed E-state index contributed by atoms with van der Waals surface area (Å²) < 4.78 is 0. The van der Waals surface area contributed by atoms with Gasteiger partial charge in [-0.2, -0.15) is 0 Å². The molecule has 0 heterocycles. The molecule has 0 saturated heterocycles. The van der Waals surface area contributed by atoms with Crippen LogP contribution in [0.1, 0.15) is 53.9 Å². The van der Waals surface area contributed by atoms with Gasteiger partial charge in [0, 0.05) is 25.2 Å². The van der Waals surface area contributed by atoms with E-state index in [1.165, 1.54) is 0 Å². The average molecular weight is 198 g/mol. The molecule has 0 bridgehead atoms. The van der Waals surface area contributed by atoms with Crippen molar-refractivity contribution in [3.05, 3.63) is 0 Å². The number of carbonyl (C=O) groups excluding carboxylic acids is 2. The first-order valence-corrected chi connectivity index (χ1v) is 5.33. The van der Waals surface area contributed by atoms with Crippen LogP contribution in [0, 0.1) is 11.3 Å². The second-order valence-corrected chi connectivity index (χ2v) is 4.95. The van der Waals surface area contributed by atoms with E-state index >= 15 is 0 Å². The van der Waals surface area contributed by atoms with Crippen LogP contribution in [-0.4, -0.2) is 11.6 Å². The summed E-state index contributed by atoms with van der Waals surface area (Å²) in [6.45, 7) is 9.93. The van der Waals surface area contributed by atoms with Gasteiger partial charge in [0.25, 0.3) is 0 Å². The van der Waals surface area contributed by atoms with Crippen molar-refractivity contribution in [2.24, 2.45) is 11.3 Å². The van der Waals surface area contributed by atoms with Crippen LogP contribution in [-0.2, 0) is 9.59 Å². The third-order valence-corrected chi connectivity index (χ3v) is 2.83. The lowest BCUT2D eigenvalue weighted by molar-refractivity contribution is -0.128. The molecule has 2 nitrogen and oxygen atoms in total. The highest BCUT2D eigenvalue weighted by Gasteiger charge is 2.26. The molecule has 0 aliphatic carbocycles. The van der Waals surface area contributed by atoms with E-state index in [-0.39, 0.29) is 22.9 Å². The van der Waals surface area contributed by atoms with Crippen LogP contribution in [0.3, 0.4) is 0 Å². The lowest BCUT2D eigenvalue weighted by Gasteiger charge is -2.25. The van der Waals surface area contributed by atoms with Crippen LogP contribution >= 0.6 is 0 Å². The minimum atomic E-state index is 0.00630. The average Bonchev–Trinajstić information content (AvgIpc) is 2.10. The van der Waals surface area contributed by atoms with Gasteiger partial charge >= 0.3 is 0 Å². The molecule has 0 aromatic carbocycles. The van der Waals surface area contributed by atoms with Gasteiger partial charge in [0.05, 0.1) is 0 Å². The first-order valence-electron chi connectivity index (χ1n) is 5.33. The first kappa shape index (κ1) is 13.3. The molecule has 2 heteroatoms. The molecule has 0 N–H and O–H groups in total. The molecule has 0 aliphatic heterocycles. The fourth-order valence-electron chi connectivity index (χ4n) is 1.14. The van der Waals surface area contributed by atoms with Crippen molar-refractivity contribution in [2.75, 3.05) is 0 Å². The van der Waals surface area contributed by atoms with Crippen molar-refractivity contribution < 1.29 is 9.59 Å². The zero-order valence-electron chi connectivity index (χ0n) is 10.0. The minimum Gasteiger partial charge on any atom is -0.300 e. The lowest BCUT2D eigenvalue weighted by atomic mass is 9.78. The van der Waals surface area contributed by atoms with Gasteiger partial charge in [0.15, 0.2) is 0 Å². The smallest absolute Gasteiger partial charge is 0.136 e. The molecule has 82 valence electrons. The molecular formula is C12H22O2. The molecule has 0 rings (SSSR count). The first-order chi connectivity index (χ1) is 6.29. The van der Waals surface area contributed by atoms with E-state index in [1.807, 2.05) is 13.8 Å². The maximum absolute atomic E-state index is 11.7. The van der Waals surface area contributed by atoms with Crippen molar-refractivity contribution in [3.8, 4) is 0 Å². The number of hydrogen-bond donors (Lipinski definition) is 0. The Morgan fingerprint density at radius 1 is 1.14 bits per heavy atom. The van der Waals surface area contributed by atoms with Crippen molar-refractivity contribution in [2.45, 2.75) is 53.9 Å². The number of carbonyl (C=O) groups is 2. The molecular weight excluding hydrogens is 176 g/mol. The molecule has 14 heavy (non-hydrogen) atoms. The topological polar surface area (TPSA) is 34.1 Å². The normalized spacial score (nSPS) is 13.8. The number of ketones is 2. The highest BCUT2D eigenvalue weighted by atomic mass is 16.1. The van der Waals surface area contributed by atoms with Crippen LogP contribution in [0.4, 0.5) is 0 Å². The molecule has 1 unspecified atom stereocenters. The summed E-state index contributed by atoms with van der Waals surface area (Å²) >= 11 is 0. The van der Waals surface area contributed by atoms with E-state index in [0.29, 0.717) is 19.3 Å². The van der Waals surface area contributed by atoms with E-state index in [0.717, 1.165) is 0 Å². The van der Waals surface area contributed by atoms with Gasteiger partial charge in [0.2, 0.25) is 0 Å². The standard InChI is InChI=1S/C12H22O2/c1-6-10(13)7-8-11(14)9(2)12(3,4)5/h9H,6-8H2,1-5H3. The summed E-state index contributed by atoms with van der Waals surface area (Å²) in [5.74, 6) is 0.422. The molecule has 0 aromatic rings. The zero-order chi connectivity index (χ0) is 11.4. The van der Waals surface area contributed by atoms with Crippen LogP contribution < -0.4 is 0 Å². The SMILES string of the molecule is CCC(=O)CCC(=O)C(C)C(C)(C)C. The van der Waals surface area contributed by atoms with Gasteiger partial charge in [-0.3, -0.25) is 9.59 Å².